The number of nitrogens with zero attached hydrogens (tertiary/aromatic N) is 1. The molecule has 2 N–H and O–H groups in total. The third-order valence-electron chi connectivity index (χ3n) is 3.25. The molecule has 0 aliphatic carbocycles. The van der Waals surface area contributed by atoms with E-state index in [0.29, 0.717) is 12.0 Å². The van der Waals surface area contributed by atoms with E-state index in [-0.39, 0.29) is 5.91 Å². The monoisotopic (exact) mass is 291 g/mol. The first-order valence-corrected chi connectivity index (χ1v) is 7.62. The maximum absolute atomic E-state index is 11.3. The van der Waals surface area contributed by atoms with Crippen LogP contribution in [0.1, 0.15) is 32.8 Å². The number of likely N-dealkylation sites (N-methyl/N-ethyl adjacent to an activating group) is 1. The molecule has 0 aromatic heterocycles. The minimum absolute atomic E-state index is 0.0329. The molecule has 0 saturated heterocycles. The highest BCUT2D eigenvalue weighted by Gasteiger charge is 2.12. The number of hydrogen-bond acceptors (Lipinski definition) is 3. The molecule has 0 fully saturated rings. The molecule has 21 heavy (non-hydrogen) atoms. The summed E-state index contributed by atoms with van der Waals surface area (Å²) in [5.74, 6) is 0.627. The van der Waals surface area contributed by atoms with Crippen LogP contribution in [0.15, 0.2) is 24.3 Å². The molecule has 0 spiro atoms. The fraction of sp³-hybridized carbons (Fsp3) is 0.588. The molecule has 1 atom stereocenters. The zero-order valence-corrected chi connectivity index (χ0v) is 13.9. The van der Waals surface area contributed by atoms with Crippen LogP contribution >= 0.6 is 0 Å². The Labute approximate surface area is 128 Å². The Hall–Kier alpha value is -1.39. The maximum Gasteiger partial charge on any atom is 0.221 e. The number of rotatable bonds is 8. The van der Waals surface area contributed by atoms with Crippen LogP contribution in [0.2, 0.25) is 0 Å². The first kappa shape index (κ1) is 17.7. The second kappa shape index (κ2) is 8.80. The molecule has 1 unspecified atom stereocenters. The lowest BCUT2D eigenvalue weighted by Crippen LogP contribution is -2.39. The van der Waals surface area contributed by atoms with E-state index in [0.717, 1.165) is 30.8 Å². The van der Waals surface area contributed by atoms with Crippen LogP contribution in [0.4, 0.5) is 5.69 Å². The average molecular weight is 291 g/mol. The number of para-hydroxylation sites is 1. The highest BCUT2D eigenvalue weighted by atomic mass is 16.1. The number of carbonyl (C=O) groups is 1. The highest BCUT2D eigenvalue weighted by Crippen LogP contribution is 2.15. The highest BCUT2D eigenvalue weighted by molar-refractivity contribution is 5.89. The van der Waals surface area contributed by atoms with Gasteiger partial charge in [-0.2, -0.15) is 0 Å². The molecule has 4 heteroatoms. The topological polar surface area (TPSA) is 44.4 Å². The molecule has 4 nitrogen and oxygen atoms in total. The number of carbonyl (C=O) groups excluding carboxylic acids is 1. The molecule has 0 aliphatic rings. The normalized spacial score (nSPS) is 12.7. The molecule has 1 aromatic carbocycles. The van der Waals surface area contributed by atoms with E-state index in [4.69, 9.17) is 0 Å². The van der Waals surface area contributed by atoms with E-state index in [1.807, 2.05) is 18.2 Å². The molecule has 1 aromatic rings. The Morgan fingerprint density at radius 1 is 1.24 bits per heavy atom. The third kappa shape index (κ3) is 7.25. The van der Waals surface area contributed by atoms with Gasteiger partial charge in [-0.05, 0) is 38.1 Å². The summed E-state index contributed by atoms with van der Waals surface area (Å²) in [6.45, 7) is 7.81. The van der Waals surface area contributed by atoms with E-state index in [2.05, 4.69) is 49.5 Å². The van der Waals surface area contributed by atoms with Crippen LogP contribution in [0.5, 0.6) is 0 Å². The Bertz CT molecular complexity index is 433. The standard InChI is InChI=1S/C17H29N3O/c1-13(2)10-16(12-20(4)5)18-11-15-8-6-7-9-17(15)19-14(3)21/h6-9,13,16,18H,10-12H2,1-5H3,(H,19,21). The lowest BCUT2D eigenvalue weighted by atomic mass is 10.0. The number of anilines is 1. The summed E-state index contributed by atoms with van der Waals surface area (Å²) in [5.41, 5.74) is 2.02. The van der Waals surface area contributed by atoms with Gasteiger partial charge in [0.05, 0.1) is 0 Å². The second-order valence-corrected chi connectivity index (χ2v) is 6.31. The van der Waals surface area contributed by atoms with Gasteiger partial charge >= 0.3 is 0 Å². The summed E-state index contributed by atoms with van der Waals surface area (Å²) in [7, 11) is 4.19. The van der Waals surface area contributed by atoms with Gasteiger partial charge in [0, 0.05) is 31.7 Å². The van der Waals surface area contributed by atoms with E-state index in [1.165, 1.54) is 6.92 Å². The van der Waals surface area contributed by atoms with Crippen molar-refractivity contribution >= 4 is 11.6 Å². The van der Waals surface area contributed by atoms with E-state index >= 15 is 0 Å². The largest absolute Gasteiger partial charge is 0.326 e. The molecule has 1 amide bonds. The fourth-order valence-electron chi connectivity index (χ4n) is 2.47. The fourth-order valence-corrected chi connectivity index (χ4v) is 2.47. The van der Waals surface area contributed by atoms with Crippen molar-refractivity contribution < 1.29 is 4.79 Å². The van der Waals surface area contributed by atoms with Crippen molar-refractivity contribution in [2.24, 2.45) is 5.92 Å². The summed E-state index contributed by atoms with van der Waals surface area (Å²) >= 11 is 0. The molecule has 0 heterocycles. The van der Waals surface area contributed by atoms with Gasteiger partial charge in [0.25, 0.3) is 0 Å². The van der Waals surface area contributed by atoms with E-state index < -0.39 is 0 Å². The third-order valence-corrected chi connectivity index (χ3v) is 3.25. The molecule has 1 rings (SSSR count). The zero-order chi connectivity index (χ0) is 15.8. The summed E-state index contributed by atoms with van der Waals surface area (Å²) in [6, 6.07) is 8.40. The van der Waals surface area contributed by atoms with Crippen LogP contribution in [-0.2, 0) is 11.3 Å². The average Bonchev–Trinajstić information content (AvgIpc) is 2.35. The van der Waals surface area contributed by atoms with Crippen molar-refractivity contribution in [1.29, 1.82) is 0 Å². The summed E-state index contributed by atoms with van der Waals surface area (Å²) < 4.78 is 0. The van der Waals surface area contributed by atoms with Crippen LogP contribution in [-0.4, -0.2) is 37.5 Å². The van der Waals surface area contributed by atoms with Crippen molar-refractivity contribution in [3.05, 3.63) is 29.8 Å². The first-order chi connectivity index (χ1) is 9.88. The van der Waals surface area contributed by atoms with Crippen molar-refractivity contribution in [3.8, 4) is 0 Å². The SMILES string of the molecule is CC(=O)Nc1ccccc1CNC(CC(C)C)CN(C)C. The zero-order valence-electron chi connectivity index (χ0n) is 13.9. The van der Waals surface area contributed by atoms with Gasteiger partial charge in [0.15, 0.2) is 0 Å². The number of nitrogens with one attached hydrogen (secondary N) is 2. The number of benzene rings is 1. The van der Waals surface area contributed by atoms with Gasteiger partial charge in [-0.3, -0.25) is 4.79 Å². The van der Waals surface area contributed by atoms with Gasteiger partial charge in [-0.25, -0.2) is 0 Å². The second-order valence-electron chi connectivity index (χ2n) is 6.31. The van der Waals surface area contributed by atoms with Crippen LogP contribution in [0.25, 0.3) is 0 Å². The minimum atomic E-state index is -0.0329. The molecule has 0 radical (unpaired) electrons. The molecule has 0 saturated carbocycles. The summed E-state index contributed by atoms with van der Waals surface area (Å²) in [5, 5.41) is 6.51. The van der Waals surface area contributed by atoms with Gasteiger partial charge in [-0.15, -0.1) is 0 Å². The van der Waals surface area contributed by atoms with Crippen molar-refractivity contribution in [1.82, 2.24) is 10.2 Å². The molecular weight excluding hydrogens is 262 g/mol. The van der Waals surface area contributed by atoms with Gasteiger partial charge in [0.2, 0.25) is 5.91 Å². The lowest BCUT2D eigenvalue weighted by Gasteiger charge is -2.24. The van der Waals surface area contributed by atoms with E-state index in [1.54, 1.807) is 0 Å². The predicted octanol–water partition coefficient (Wildman–Crippen LogP) is 2.71. The van der Waals surface area contributed by atoms with Gasteiger partial charge < -0.3 is 15.5 Å². The molecule has 0 aliphatic heterocycles. The van der Waals surface area contributed by atoms with Crippen LogP contribution < -0.4 is 10.6 Å². The smallest absolute Gasteiger partial charge is 0.221 e. The Kier molecular flexibility index (Phi) is 7.40. The van der Waals surface area contributed by atoms with Crippen LogP contribution in [0, 0.1) is 5.92 Å². The quantitative estimate of drug-likeness (QED) is 0.774. The van der Waals surface area contributed by atoms with Crippen LogP contribution in [0.3, 0.4) is 0 Å². The lowest BCUT2D eigenvalue weighted by molar-refractivity contribution is -0.114. The first-order valence-electron chi connectivity index (χ1n) is 7.62. The Morgan fingerprint density at radius 3 is 2.48 bits per heavy atom. The minimum Gasteiger partial charge on any atom is -0.326 e. The molecule has 118 valence electrons. The number of amides is 1. The summed E-state index contributed by atoms with van der Waals surface area (Å²) in [6.07, 6.45) is 1.14. The molecular formula is C17H29N3O. The van der Waals surface area contributed by atoms with Gasteiger partial charge in [0.1, 0.15) is 0 Å². The van der Waals surface area contributed by atoms with Crippen molar-refractivity contribution in [3.63, 3.8) is 0 Å². The Balaban J connectivity index is 2.68. The summed E-state index contributed by atoms with van der Waals surface area (Å²) in [4.78, 5) is 13.5. The predicted molar refractivity (Wildman–Crippen MR) is 89.4 cm³/mol. The van der Waals surface area contributed by atoms with Crippen molar-refractivity contribution in [2.75, 3.05) is 26.0 Å². The Morgan fingerprint density at radius 2 is 1.90 bits per heavy atom. The van der Waals surface area contributed by atoms with Crippen molar-refractivity contribution in [2.45, 2.75) is 39.8 Å². The van der Waals surface area contributed by atoms with E-state index in [9.17, 15) is 4.79 Å². The molecule has 0 bridgehead atoms. The maximum atomic E-state index is 11.3. The number of hydrogen-bond donors (Lipinski definition) is 2. The van der Waals surface area contributed by atoms with Gasteiger partial charge in [-0.1, -0.05) is 32.0 Å².